The maximum atomic E-state index is 13.1. The van der Waals surface area contributed by atoms with Gasteiger partial charge in [0.2, 0.25) is 0 Å². The van der Waals surface area contributed by atoms with Crippen molar-refractivity contribution < 1.29 is 13.9 Å². The van der Waals surface area contributed by atoms with Gasteiger partial charge in [-0.25, -0.2) is 9.18 Å². The monoisotopic (exact) mass is 401 g/mol. The van der Waals surface area contributed by atoms with Gasteiger partial charge in [0.25, 0.3) is 0 Å². The van der Waals surface area contributed by atoms with Crippen molar-refractivity contribution in [2.45, 2.75) is 56.8 Å². The molecule has 0 atom stereocenters. The first-order chi connectivity index (χ1) is 13.2. The fraction of sp³-hybridized carbons (Fsp3) is 0.435. The number of benzene rings is 2. The highest BCUT2D eigenvalue weighted by molar-refractivity contribution is 7.98. The van der Waals surface area contributed by atoms with Gasteiger partial charge in [-0.05, 0) is 74.9 Å². The lowest BCUT2D eigenvalue weighted by Crippen LogP contribution is -2.38. The number of hydrogen-bond acceptors (Lipinski definition) is 3. The number of amides is 1. The van der Waals surface area contributed by atoms with Crippen molar-refractivity contribution in [3.8, 4) is 0 Å². The third kappa shape index (κ3) is 5.28. The minimum atomic E-state index is -0.483. The number of thioether (sulfide) groups is 1. The predicted molar refractivity (Wildman–Crippen MR) is 112 cm³/mol. The van der Waals surface area contributed by atoms with E-state index in [9.17, 15) is 9.18 Å². The van der Waals surface area contributed by atoms with Crippen LogP contribution in [0.4, 0.5) is 9.18 Å². The van der Waals surface area contributed by atoms with E-state index >= 15 is 0 Å². The fourth-order valence-corrected chi connectivity index (χ4v) is 4.56. The summed E-state index contributed by atoms with van der Waals surface area (Å²) in [5.74, 6) is 0.591. The zero-order chi connectivity index (χ0) is 20.3. The van der Waals surface area contributed by atoms with Gasteiger partial charge < -0.3 is 9.64 Å². The Bertz CT molecular complexity index is 843. The van der Waals surface area contributed by atoms with Crippen LogP contribution in [0.3, 0.4) is 0 Å². The van der Waals surface area contributed by atoms with Gasteiger partial charge in [0.05, 0.1) is 0 Å². The molecule has 3 rings (SSSR count). The smallest absolute Gasteiger partial charge is 0.410 e. The topological polar surface area (TPSA) is 29.5 Å². The summed E-state index contributed by atoms with van der Waals surface area (Å²) in [6, 6.07) is 11.0. The molecule has 0 radical (unpaired) electrons. The lowest BCUT2D eigenvalue weighted by molar-refractivity contribution is 0.0258. The van der Waals surface area contributed by atoms with E-state index in [4.69, 9.17) is 4.74 Å². The number of aryl methyl sites for hydroxylation is 1. The van der Waals surface area contributed by atoms with E-state index in [1.165, 1.54) is 33.7 Å². The average Bonchev–Trinajstić information content (AvgIpc) is 2.84. The second-order valence-electron chi connectivity index (χ2n) is 8.23. The molecule has 0 spiro atoms. The van der Waals surface area contributed by atoms with Crippen LogP contribution in [0.15, 0.2) is 41.3 Å². The Morgan fingerprint density at radius 3 is 2.46 bits per heavy atom. The predicted octanol–water partition coefficient (Wildman–Crippen LogP) is 5.76. The van der Waals surface area contributed by atoms with Gasteiger partial charge in [0, 0.05) is 23.7 Å². The standard InChI is InChI=1S/C23H28FNO2S/c1-16-5-8-18-11-13-25(22(26)27-23(2,3)4)14-12-20(18)21(16)28-15-17-6-9-19(24)10-7-17/h5-10H,11-15H2,1-4H3. The van der Waals surface area contributed by atoms with Gasteiger partial charge in [-0.15, -0.1) is 11.8 Å². The Hall–Kier alpha value is -2.01. The summed E-state index contributed by atoms with van der Waals surface area (Å²) in [7, 11) is 0. The van der Waals surface area contributed by atoms with Crippen LogP contribution >= 0.6 is 11.8 Å². The highest BCUT2D eigenvalue weighted by Crippen LogP contribution is 2.33. The Labute approximate surface area is 171 Å². The molecular formula is C23H28FNO2S. The number of hydrogen-bond donors (Lipinski definition) is 0. The number of nitrogens with zero attached hydrogens (tertiary/aromatic N) is 1. The van der Waals surface area contributed by atoms with Gasteiger partial charge in [-0.3, -0.25) is 0 Å². The van der Waals surface area contributed by atoms with Gasteiger partial charge in [0.15, 0.2) is 0 Å². The zero-order valence-corrected chi connectivity index (χ0v) is 17.9. The summed E-state index contributed by atoms with van der Waals surface area (Å²) in [5, 5.41) is 0. The van der Waals surface area contributed by atoms with Gasteiger partial charge in [-0.2, -0.15) is 0 Å². The van der Waals surface area contributed by atoms with E-state index in [0.29, 0.717) is 13.1 Å². The average molecular weight is 402 g/mol. The number of halogens is 1. The summed E-state index contributed by atoms with van der Waals surface area (Å²) in [6.45, 7) is 9.15. The largest absolute Gasteiger partial charge is 0.444 e. The normalized spacial score (nSPS) is 14.4. The van der Waals surface area contributed by atoms with E-state index in [1.807, 2.05) is 37.8 Å². The molecule has 0 saturated heterocycles. The molecule has 3 nitrogen and oxygen atoms in total. The maximum absolute atomic E-state index is 13.1. The molecule has 1 amide bonds. The van der Waals surface area contributed by atoms with Crippen LogP contribution in [0.25, 0.3) is 0 Å². The minimum Gasteiger partial charge on any atom is -0.444 e. The Morgan fingerprint density at radius 2 is 1.79 bits per heavy atom. The first-order valence-electron chi connectivity index (χ1n) is 9.69. The molecule has 1 aliphatic heterocycles. The molecule has 150 valence electrons. The van der Waals surface area contributed by atoms with Crippen molar-refractivity contribution >= 4 is 17.9 Å². The number of rotatable bonds is 3. The number of ether oxygens (including phenoxy) is 1. The van der Waals surface area contributed by atoms with Crippen LogP contribution in [0, 0.1) is 12.7 Å². The van der Waals surface area contributed by atoms with Crippen LogP contribution in [-0.4, -0.2) is 29.7 Å². The van der Waals surface area contributed by atoms with E-state index in [-0.39, 0.29) is 11.9 Å². The third-order valence-electron chi connectivity index (χ3n) is 4.79. The molecule has 1 aliphatic rings. The van der Waals surface area contributed by atoms with E-state index < -0.39 is 5.60 Å². The molecule has 0 N–H and O–H groups in total. The first kappa shape index (κ1) is 20.7. The molecule has 0 unspecified atom stereocenters. The molecule has 0 fully saturated rings. The van der Waals surface area contributed by atoms with Crippen molar-refractivity contribution in [1.82, 2.24) is 4.90 Å². The van der Waals surface area contributed by atoms with Crippen LogP contribution in [-0.2, 0) is 23.3 Å². The number of carbonyl (C=O) groups is 1. The molecule has 0 bridgehead atoms. The van der Waals surface area contributed by atoms with Crippen molar-refractivity contribution in [2.75, 3.05) is 13.1 Å². The molecule has 2 aromatic rings. The van der Waals surface area contributed by atoms with Crippen LogP contribution in [0.1, 0.15) is 43.0 Å². The SMILES string of the molecule is Cc1ccc2c(c1SCc1ccc(F)cc1)CCN(C(=O)OC(C)(C)C)CC2. The van der Waals surface area contributed by atoms with Gasteiger partial charge >= 0.3 is 6.09 Å². The van der Waals surface area contributed by atoms with Crippen LogP contribution < -0.4 is 0 Å². The molecule has 2 aromatic carbocycles. The van der Waals surface area contributed by atoms with Crippen molar-refractivity contribution in [1.29, 1.82) is 0 Å². The fourth-order valence-electron chi connectivity index (χ4n) is 3.35. The van der Waals surface area contributed by atoms with Crippen molar-refractivity contribution in [3.63, 3.8) is 0 Å². The van der Waals surface area contributed by atoms with Gasteiger partial charge in [-0.1, -0.05) is 24.3 Å². The molecule has 0 aromatic heterocycles. The minimum absolute atomic E-state index is 0.208. The first-order valence-corrected chi connectivity index (χ1v) is 10.7. The van der Waals surface area contributed by atoms with Gasteiger partial charge in [0.1, 0.15) is 11.4 Å². The second-order valence-corrected chi connectivity index (χ2v) is 9.22. The zero-order valence-electron chi connectivity index (χ0n) is 17.0. The Kier molecular flexibility index (Phi) is 6.33. The lowest BCUT2D eigenvalue weighted by atomic mass is 10.0. The molecule has 0 saturated carbocycles. The van der Waals surface area contributed by atoms with E-state index in [1.54, 1.807) is 11.8 Å². The lowest BCUT2D eigenvalue weighted by Gasteiger charge is -2.26. The number of fused-ring (bicyclic) bond motifs is 1. The summed E-state index contributed by atoms with van der Waals surface area (Å²) in [4.78, 5) is 15.6. The molecular weight excluding hydrogens is 373 g/mol. The molecule has 28 heavy (non-hydrogen) atoms. The summed E-state index contributed by atoms with van der Waals surface area (Å²) >= 11 is 1.79. The summed E-state index contributed by atoms with van der Waals surface area (Å²) in [6.07, 6.45) is 1.42. The van der Waals surface area contributed by atoms with Crippen LogP contribution in [0.2, 0.25) is 0 Å². The van der Waals surface area contributed by atoms with Crippen molar-refractivity contribution in [3.05, 3.63) is 64.5 Å². The molecule has 5 heteroatoms. The second kappa shape index (κ2) is 8.56. The molecule has 0 aliphatic carbocycles. The summed E-state index contributed by atoms with van der Waals surface area (Å²) < 4.78 is 18.7. The molecule has 1 heterocycles. The third-order valence-corrected chi connectivity index (χ3v) is 6.12. The van der Waals surface area contributed by atoms with Crippen molar-refractivity contribution in [2.24, 2.45) is 0 Å². The highest BCUT2D eigenvalue weighted by Gasteiger charge is 2.25. The quantitative estimate of drug-likeness (QED) is 0.612. The van der Waals surface area contributed by atoms with Crippen LogP contribution in [0.5, 0.6) is 0 Å². The highest BCUT2D eigenvalue weighted by atomic mass is 32.2. The number of carbonyl (C=O) groups excluding carboxylic acids is 1. The summed E-state index contributed by atoms with van der Waals surface area (Å²) in [5.41, 5.74) is 4.50. The Balaban J connectivity index is 1.74. The van der Waals surface area contributed by atoms with E-state index in [0.717, 1.165) is 24.2 Å². The Morgan fingerprint density at radius 1 is 1.11 bits per heavy atom. The maximum Gasteiger partial charge on any atom is 0.410 e. The van der Waals surface area contributed by atoms with E-state index in [2.05, 4.69) is 19.1 Å².